The van der Waals surface area contributed by atoms with Gasteiger partial charge in [-0.15, -0.1) is 32.9 Å². The molecule has 0 aliphatic heterocycles. The average molecular weight is 399 g/mol. The molecule has 0 N–H and O–H groups in total. The summed E-state index contributed by atoms with van der Waals surface area (Å²) in [7, 11) is 0. The van der Waals surface area contributed by atoms with Crippen LogP contribution in [0.5, 0.6) is 0 Å². The summed E-state index contributed by atoms with van der Waals surface area (Å²) in [4.78, 5) is 14.9. The molecule has 4 aromatic heterocycles. The third kappa shape index (κ3) is 3.33. The smallest absolute Gasteiger partial charge is 0.342 e. The van der Waals surface area contributed by atoms with Gasteiger partial charge in [-0.25, -0.2) is 4.79 Å². The van der Waals surface area contributed by atoms with Crippen molar-refractivity contribution in [3.8, 4) is 15.8 Å². The molecule has 0 saturated heterocycles. The lowest BCUT2D eigenvalue weighted by atomic mass is 10.1. The topological polar surface area (TPSA) is 70.2 Å². The molecule has 4 rings (SSSR count). The van der Waals surface area contributed by atoms with E-state index >= 15 is 0 Å². The summed E-state index contributed by atoms with van der Waals surface area (Å²) in [6.07, 6.45) is 3.18. The molecule has 4 aromatic rings. The second kappa shape index (κ2) is 7.13. The maximum atomic E-state index is 12.9. The van der Waals surface area contributed by atoms with Crippen LogP contribution in [0.1, 0.15) is 39.7 Å². The van der Waals surface area contributed by atoms with Crippen molar-refractivity contribution in [2.45, 2.75) is 26.9 Å². The highest BCUT2D eigenvalue weighted by Gasteiger charge is 2.26. The number of hydrogen-bond donors (Lipinski definition) is 0. The van der Waals surface area contributed by atoms with Gasteiger partial charge in [-0.2, -0.15) is 0 Å². The van der Waals surface area contributed by atoms with E-state index in [-0.39, 0.29) is 5.89 Å². The van der Waals surface area contributed by atoms with Gasteiger partial charge in [0.05, 0.1) is 10.4 Å². The Kier molecular flexibility index (Phi) is 4.67. The Morgan fingerprint density at radius 2 is 2.00 bits per heavy atom. The summed E-state index contributed by atoms with van der Waals surface area (Å²) in [6, 6.07) is 7.66. The summed E-state index contributed by atoms with van der Waals surface area (Å²) in [5, 5.41) is 10.9. The fraction of sp³-hybridized carbons (Fsp3) is 0.211. The van der Waals surface area contributed by atoms with Crippen LogP contribution in [0, 0.1) is 13.8 Å². The van der Waals surface area contributed by atoms with Gasteiger partial charge >= 0.3 is 5.97 Å². The van der Waals surface area contributed by atoms with Crippen LogP contribution in [0.3, 0.4) is 0 Å². The lowest BCUT2D eigenvalue weighted by molar-refractivity contribution is 0.0279. The van der Waals surface area contributed by atoms with E-state index in [4.69, 9.17) is 9.15 Å². The van der Waals surface area contributed by atoms with Gasteiger partial charge in [-0.1, -0.05) is 6.07 Å². The van der Waals surface area contributed by atoms with Crippen LogP contribution in [0.4, 0.5) is 0 Å². The van der Waals surface area contributed by atoms with Gasteiger partial charge in [-0.05, 0) is 49.9 Å². The van der Waals surface area contributed by atoms with E-state index in [9.17, 15) is 4.79 Å². The number of nitrogens with zero attached hydrogens (tertiary/aromatic N) is 3. The standard InChI is InChI=1S/C19H17N3O3S2/c1-11-13(3)27-18(22-8-4-5-9-22)15(11)19(23)24-12(2)16-20-21-17(25-16)14-7-6-10-26-14/h4-10,12H,1-3H3. The van der Waals surface area contributed by atoms with Crippen LogP contribution in [0.15, 0.2) is 46.5 Å². The Labute approximate surface area is 164 Å². The average Bonchev–Trinajstić information content (AvgIpc) is 3.43. The van der Waals surface area contributed by atoms with E-state index in [2.05, 4.69) is 10.2 Å². The van der Waals surface area contributed by atoms with Crippen molar-refractivity contribution in [3.63, 3.8) is 0 Å². The van der Waals surface area contributed by atoms with Gasteiger partial charge in [0.2, 0.25) is 0 Å². The Morgan fingerprint density at radius 3 is 2.70 bits per heavy atom. The first-order valence-corrected chi connectivity index (χ1v) is 10.1. The third-order valence-corrected chi connectivity index (χ3v) is 6.29. The monoisotopic (exact) mass is 399 g/mol. The van der Waals surface area contributed by atoms with Crippen molar-refractivity contribution in [2.75, 3.05) is 0 Å². The number of aryl methyl sites for hydroxylation is 1. The normalized spacial score (nSPS) is 12.3. The number of carbonyl (C=O) groups is 1. The van der Waals surface area contributed by atoms with E-state index < -0.39 is 12.1 Å². The molecule has 8 heteroatoms. The molecule has 138 valence electrons. The first-order valence-electron chi connectivity index (χ1n) is 8.36. The van der Waals surface area contributed by atoms with E-state index in [0.717, 1.165) is 20.3 Å². The van der Waals surface area contributed by atoms with Gasteiger partial charge in [0, 0.05) is 17.3 Å². The second-order valence-electron chi connectivity index (χ2n) is 6.02. The largest absolute Gasteiger partial charge is 0.449 e. The minimum atomic E-state index is -0.643. The van der Waals surface area contributed by atoms with E-state index in [1.807, 2.05) is 60.5 Å². The highest BCUT2D eigenvalue weighted by molar-refractivity contribution is 7.15. The molecule has 27 heavy (non-hydrogen) atoms. The highest BCUT2D eigenvalue weighted by atomic mass is 32.1. The second-order valence-corrected chi connectivity index (χ2v) is 8.17. The molecule has 0 fully saturated rings. The van der Waals surface area contributed by atoms with E-state index in [1.54, 1.807) is 18.3 Å². The molecule has 0 bridgehead atoms. The van der Waals surface area contributed by atoms with Gasteiger partial charge in [0.25, 0.3) is 11.8 Å². The molecule has 6 nitrogen and oxygen atoms in total. The zero-order chi connectivity index (χ0) is 19.0. The minimum Gasteiger partial charge on any atom is -0.449 e. The predicted molar refractivity (Wildman–Crippen MR) is 105 cm³/mol. The molecule has 0 radical (unpaired) electrons. The molecule has 0 aliphatic carbocycles. The van der Waals surface area contributed by atoms with Crippen LogP contribution in [-0.4, -0.2) is 20.7 Å². The Balaban J connectivity index is 1.58. The Morgan fingerprint density at radius 1 is 1.22 bits per heavy atom. The van der Waals surface area contributed by atoms with Crippen molar-refractivity contribution in [2.24, 2.45) is 0 Å². The molecular weight excluding hydrogens is 382 g/mol. The number of thiophene rings is 2. The van der Waals surface area contributed by atoms with Crippen molar-refractivity contribution in [1.82, 2.24) is 14.8 Å². The van der Waals surface area contributed by atoms with Crippen LogP contribution < -0.4 is 0 Å². The first kappa shape index (κ1) is 17.7. The summed E-state index contributed by atoms with van der Waals surface area (Å²) in [6.45, 7) is 5.66. The third-order valence-electron chi connectivity index (χ3n) is 4.21. The first-order chi connectivity index (χ1) is 13.0. The summed E-state index contributed by atoms with van der Waals surface area (Å²) in [5.41, 5.74) is 1.49. The number of esters is 1. The quantitative estimate of drug-likeness (QED) is 0.432. The van der Waals surface area contributed by atoms with Crippen LogP contribution in [0.2, 0.25) is 0 Å². The molecule has 1 atom stereocenters. The fourth-order valence-electron chi connectivity index (χ4n) is 2.67. The SMILES string of the molecule is Cc1sc(-n2cccc2)c(C(=O)OC(C)c2nnc(-c3cccs3)o2)c1C. The van der Waals surface area contributed by atoms with Gasteiger partial charge in [0.1, 0.15) is 5.00 Å². The van der Waals surface area contributed by atoms with Crippen LogP contribution in [-0.2, 0) is 4.74 Å². The molecule has 4 heterocycles. The van der Waals surface area contributed by atoms with Crippen molar-refractivity contribution < 1.29 is 13.9 Å². The van der Waals surface area contributed by atoms with Gasteiger partial charge in [0.15, 0.2) is 6.10 Å². The molecule has 0 spiro atoms. The van der Waals surface area contributed by atoms with Gasteiger partial charge < -0.3 is 13.7 Å². The lowest BCUT2D eigenvalue weighted by Crippen LogP contribution is -2.12. The summed E-state index contributed by atoms with van der Waals surface area (Å²) < 4.78 is 13.2. The zero-order valence-corrected chi connectivity index (χ0v) is 16.6. The minimum absolute atomic E-state index is 0.277. The molecule has 0 amide bonds. The number of ether oxygens (including phenoxy) is 1. The number of hydrogen-bond acceptors (Lipinski definition) is 7. The Hall–Kier alpha value is -2.71. The Bertz CT molecular complexity index is 1060. The number of rotatable bonds is 5. The summed E-state index contributed by atoms with van der Waals surface area (Å²) >= 11 is 3.08. The molecule has 0 aromatic carbocycles. The summed E-state index contributed by atoms with van der Waals surface area (Å²) in [5.74, 6) is 0.307. The zero-order valence-electron chi connectivity index (χ0n) is 15.0. The lowest BCUT2D eigenvalue weighted by Gasteiger charge is -2.11. The number of aromatic nitrogens is 3. The predicted octanol–water partition coefficient (Wildman–Crippen LogP) is 5.19. The highest BCUT2D eigenvalue weighted by Crippen LogP contribution is 2.33. The van der Waals surface area contributed by atoms with Crippen LogP contribution in [0.25, 0.3) is 15.8 Å². The van der Waals surface area contributed by atoms with Gasteiger partial charge in [-0.3, -0.25) is 0 Å². The van der Waals surface area contributed by atoms with Crippen molar-refractivity contribution >= 4 is 28.6 Å². The van der Waals surface area contributed by atoms with E-state index in [1.165, 1.54) is 11.3 Å². The molecular formula is C19H17N3O3S2. The van der Waals surface area contributed by atoms with Crippen LogP contribution >= 0.6 is 22.7 Å². The molecule has 1 unspecified atom stereocenters. The maximum absolute atomic E-state index is 12.9. The number of carbonyl (C=O) groups excluding carboxylic acids is 1. The van der Waals surface area contributed by atoms with E-state index in [0.29, 0.717) is 11.5 Å². The van der Waals surface area contributed by atoms with Crippen molar-refractivity contribution in [3.05, 3.63) is 63.9 Å². The molecule has 0 aliphatic rings. The van der Waals surface area contributed by atoms with Crippen molar-refractivity contribution in [1.29, 1.82) is 0 Å². The molecule has 0 saturated carbocycles. The fourth-order valence-corrected chi connectivity index (χ4v) is 4.42. The maximum Gasteiger partial charge on any atom is 0.342 e.